The minimum Gasteiger partial charge on any atom is -0.378 e. The molecule has 3 nitrogen and oxygen atoms in total. The molecular weight excluding hydrogens is 242 g/mol. The molecule has 0 spiro atoms. The maximum Gasteiger partial charge on any atom is 0.183 e. The Bertz CT molecular complexity index is 526. The van der Waals surface area contributed by atoms with Gasteiger partial charge in [-0.3, -0.25) is 0 Å². The van der Waals surface area contributed by atoms with Gasteiger partial charge in [0.05, 0.1) is 5.69 Å². The molecule has 94 valence electrons. The molecule has 4 heteroatoms. The Morgan fingerprint density at radius 2 is 1.94 bits per heavy atom. The van der Waals surface area contributed by atoms with Gasteiger partial charge in [0.2, 0.25) is 0 Å². The van der Waals surface area contributed by atoms with Crippen molar-refractivity contribution >= 4 is 22.2 Å². The van der Waals surface area contributed by atoms with Crippen LogP contribution in [0.2, 0.25) is 0 Å². The average Bonchev–Trinajstić information content (AvgIpc) is 3.05. The van der Waals surface area contributed by atoms with Gasteiger partial charge in [0.15, 0.2) is 5.13 Å². The molecule has 3 rings (SSSR count). The Morgan fingerprint density at radius 3 is 2.56 bits per heavy atom. The van der Waals surface area contributed by atoms with Gasteiger partial charge in [-0.05, 0) is 25.0 Å². The smallest absolute Gasteiger partial charge is 0.183 e. The molecule has 1 saturated carbocycles. The Morgan fingerprint density at radius 1 is 1.22 bits per heavy atom. The van der Waals surface area contributed by atoms with E-state index >= 15 is 0 Å². The Kier molecular flexibility index (Phi) is 2.96. The van der Waals surface area contributed by atoms with Gasteiger partial charge in [0.25, 0.3) is 0 Å². The molecule has 1 heterocycles. The van der Waals surface area contributed by atoms with Crippen LogP contribution in [0.3, 0.4) is 0 Å². The van der Waals surface area contributed by atoms with Crippen molar-refractivity contribution in [2.45, 2.75) is 18.9 Å². The standard InChI is InChI=1S/C14H17N3S/c1-17(2)12-7-3-10(4-8-12)13-9-18-14(16-13)15-11-5-6-11/h3-4,7-9,11H,5-6H2,1-2H3,(H,15,16). The van der Waals surface area contributed by atoms with Crippen molar-refractivity contribution in [3.05, 3.63) is 29.6 Å². The lowest BCUT2D eigenvalue weighted by atomic mass is 10.1. The van der Waals surface area contributed by atoms with Crippen molar-refractivity contribution in [1.29, 1.82) is 0 Å². The third-order valence-electron chi connectivity index (χ3n) is 3.09. The Labute approximate surface area is 111 Å². The largest absolute Gasteiger partial charge is 0.378 e. The molecule has 0 unspecified atom stereocenters. The second-order valence-corrected chi connectivity index (χ2v) is 5.76. The first-order valence-corrected chi connectivity index (χ1v) is 7.10. The topological polar surface area (TPSA) is 28.2 Å². The summed E-state index contributed by atoms with van der Waals surface area (Å²) in [6.45, 7) is 0. The summed E-state index contributed by atoms with van der Waals surface area (Å²) < 4.78 is 0. The summed E-state index contributed by atoms with van der Waals surface area (Å²) in [6.07, 6.45) is 2.57. The third kappa shape index (κ3) is 2.48. The van der Waals surface area contributed by atoms with Crippen molar-refractivity contribution in [3.63, 3.8) is 0 Å². The molecule has 0 amide bonds. The monoisotopic (exact) mass is 259 g/mol. The highest BCUT2D eigenvalue weighted by molar-refractivity contribution is 7.14. The van der Waals surface area contributed by atoms with E-state index in [1.807, 2.05) is 0 Å². The third-order valence-corrected chi connectivity index (χ3v) is 3.86. The van der Waals surface area contributed by atoms with Gasteiger partial charge in [-0.1, -0.05) is 12.1 Å². The van der Waals surface area contributed by atoms with Gasteiger partial charge >= 0.3 is 0 Å². The number of hydrogen-bond donors (Lipinski definition) is 1. The normalized spacial score (nSPS) is 14.6. The quantitative estimate of drug-likeness (QED) is 0.911. The van der Waals surface area contributed by atoms with E-state index in [0.717, 1.165) is 10.8 Å². The number of nitrogens with zero attached hydrogens (tertiary/aromatic N) is 2. The zero-order chi connectivity index (χ0) is 12.5. The van der Waals surface area contributed by atoms with Gasteiger partial charge in [0.1, 0.15) is 0 Å². The molecule has 1 aliphatic carbocycles. The summed E-state index contributed by atoms with van der Waals surface area (Å²) in [6, 6.07) is 9.18. The van der Waals surface area contributed by atoms with Crippen LogP contribution in [0.4, 0.5) is 10.8 Å². The number of rotatable bonds is 4. The van der Waals surface area contributed by atoms with Gasteiger partial charge in [0, 0.05) is 36.8 Å². The molecule has 1 aromatic heterocycles. The van der Waals surface area contributed by atoms with E-state index in [4.69, 9.17) is 0 Å². The van der Waals surface area contributed by atoms with Gasteiger partial charge < -0.3 is 10.2 Å². The zero-order valence-corrected chi connectivity index (χ0v) is 11.5. The highest BCUT2D eigenvalue weighted by atomic mass is 32.1. The van der Waals surface area contributed by atoms with Crippen LogP contribution in [-0.4, -0.2) is 25.1 Å². The van der Waals surface area contributed by atoms with Crippen LogP contribution in [-0.2, 0) is 0 Å². The molecule has 18 heavy (non-hydrogen) atoms. The average molecular weight is 259 g/mol. The van der Waals surface area contributed by atoms with Gasteiger partial charge in [-0.2, -0.15) is 0 Å². The molecule has 1 fully saturated rings. The SMILES string of the molecule is CN(C)c1ccc(-c2csc(NC3CC3)n2)cc1. The van der Waals surface area contributed by atoms with E-state index in [1.165, 1.54) is 24.1 Å². The fourth-order valence-corrected chi connectivity index (χ4v) is 2.60. The van der Waals surface area contributed by atoms with Crippen LogP contribution in [0.25, 0.3) is 11.3 Å². The zero-order valence-electron chi connectivity index (χ0n) is 10.7. The fraction of sp³-hybridized carbons (Fsp3) is 0.357. The molecule has 1 aromatic carbocycles. The van der Waals surface area contributed by atoms with Crippen molar-refractivity contribution in [2.75, 3.05) is 24.3 Å². The molecule has 0 radical (unpaired) electrons. The van der Waals surface area contributed by atoms with Crippen LogP contribution in [0.15, 0.2) is 29.6 Å². The number of anilines is 2. The highest BCUT2D eigenvalue weighted by Crippen LogP contribution is 2.30. The number of nitrogens with one attached hydrogen (secondary N) is 1. The van der Waals surface area contributed by atoms with Crippen LogP contribution < -0.4 is 10.2 Å². The lowest BCUT2D eigenvalue weighted by molar-refractivity contribution is 1.13. The minimum atomic E-state index is 0.667. The van der Waals surface area contributed by atoms with Crippen molar-refractivity contribution < 1.29 is 0 Å². The van der Waals surface area contributed by atoms with Crippen molar-refractivity contribution in [2.24, 2.45) is 0 Å². The van der Waals surface area contributed by atoms with E-state index in [1.54, 1.807) is 11.3 Å². The second-order valence-electron chi connectivity index (χ2n) is 4.90. The summed E-state index contributed by atoms with van der Waals surface area (Å²) >= 11 is 1.69. The predicted molar refractivity (Wildman–Crippen MR) is 78.5 cm³/mol. The van der Waals surface area contributed by atoms with Crippen LogP contribution >= 0.6 is 11.3 Å². The van der Waals surface area contributed by atoms with Gasteiger partial charge in [-0.25, -0.2) is 4.98 Å². The van der Waals surface area contributed by atoms with Gasteiger partial charge in [-0.15, -0.1) is 11.3 Å². The first kappa shape index (κ1) is 11.5. The summed E-state index contributed by atoms with van der Waals surface area (Å²) in [5, 5.41) is 6.60. The Balaban J connectivity index is 1.78. The molecule has 0 atom stereocenters. The van der Waals surface area contributed by atoms with E-state index < -0.39 is 0 Å². The van der Waals surface area contributed by atoms with E-state index in [9.17, 15) is 0 Å². The first-order chi connectivity index (χ1) is 8.72. The number of thiazole rings is 1. The number of aromatic nitrogens is 1. The molecule has 2 aromatic rings. The lowest BCUT2D eigenvalue weighted by Crippen LogP contribution is -2.07. The summed E-state index contributed by atoms with van der Waals surface area (Å²) in [7, 11) is 4.10. The van der Waals surface area contributed by atoms with E-state index in [-0.39, 0.29) is 0 Å². The molecule has 1 N–H and O–H groups in total. The van der Waals surface area contributed by atoms with Crippen molar-refractivity contribution in [1.82, 2.24) is 4.98 Å². The molecule has 0 saturated heterocycles. The predicted octanol–water partition coefficient (Wildman–Crippen LogP) is 3.45. The van der Waals surface area contributed by atoms with Crippen LogP contribution in [0.5, 0.6) is 0 Å². The van der Waals surface area contributed by atoms with E-state index in [0.29, 0.717) is 6.04 Å². The summed E-state index contributed by atoms with van der Waals surface area (Å²) in [4.78, 5) is 6.73. The fourth-order valence-electron chi connectivity index (χ4n) is 1.81. The highest BCUT2D eigenvalue weighted by Gasteiger charge is 2.22. The molecular formula is C14H17N3S. The van der Waals surface area contributed by atoms with Crippen LogP contribution in [0.1, 0.15) is 12.8 Å². The lowest BCUT2D eigenvalue weighted by Gasteiger charge is -2.12. The molecule has 0 aliphatic heterocycles. The molecule has 0 bridgehead atoms. The van der Waals surface area contributed by atoms with E-state index in [2.05, 4.69) is 58.9 Å². The number of hydrogen-bond acceptors (Lipinski definition) is 4. The minimum absolute atomic E-state index is 0.667. The summed E-state index contributed by atoms with van der Waals surface area (Å²) in [5.41, 5.74) is 3.46. The number of benzene rings is 1. The maximum absolute atomic E-state index is 4.63. The maximum atomic E-state index is 4.63. The van der Waals surface area contributed by atoms with Crippen LogP contribution in [0, 0.1) is 0 Å². The first-order valence-electron chi connectivity index (χ1n) is 6.22. The summed E-state index contributed by atoms with van der Waals surface area (Å²) in [5.74, 6) is 0. The molecule has 1 aliphatic rings. The Hall–Kier alpha value is -1.55. The van der Waals surface area contributed by atoms with Crippen molar-refractivity contribution in [3.8, 4) is 11.3 Å². The second kappa shape index (κ2) is 4.61.